The topological polar surface area (TPSA) is 177 Å². The number of nitrogens with one attached hydrogen (secondary N) is 2. The van der Waals surface area contributed by atoms with Crippen LogP contribution in [-0.4, -0.2) is 47.2 Å². The molecule has 1 atom stereocenters. The van der Waals surface area contributed by atoms with Crippen LogP contribution in [0.1, 0.15) is 32.7 Å². The Morgan fingerprint density at radius 3 is 2.32 bits per heavy atom. The first-order chi connectivity index (χ1) is 14.7. The molecule has 0 bridgehead atoms. The van der Waals surface area contributed by atoms with Gasteiger partial charge >= 0.3 is 5.97 Å². The molecule has 2 aromatic rings. The Balaban J connectivity index is 2.01. The lowest BCUT2D eigenvalue weighted by Gasteiger charge is -2.16. The van der Waals surface area contributed by atoms with Gasteiger partial charge in [-0.2, -0.15) is 0 Å². The number of hydrogen-bond acceptors (Lipinski definition) is 5. The van der Waals surface area contributed by atoms with Crippen molar-refractivity contribution in [1.29, 1.82) is 0 Å². The number of carboxylic acid groups (broad SMARTS) is 1. The van der Waals surface area contributed by atoms with E-state index >= 15 is 0 Å². The van der Waals surface area contributed by atoms with Crippen molar-refractivity contribution in [2.75, 3.05) is 6.54 Å². The predicted molar refractivity (Wildman–Crippen MR) is 114 cm³/mol. The maximum Gasteiger partial charge on any atom is 0.305 e. The van der Waals surface area contributed by atoms with E-state index < -0.39 is 42.6 Å². The van der Waals surface area contributed by atoms with E-state index in [4.69, 9.17) is 16.6 Å². The average molecular weight is 425 g/mol. The van der Waals surface area contributed by atoms with Crippen molar-refractivity contribution in [2.24, 2.45) is 16.5 Å². The Hall–Kier alpha value is -4.21. The van der Waals surface area contributed by atoms with Crippen LogP contribution in [0, 0.1) is 6.92 Å². The van der Waals surface area contributed by atoms with Gasteiger partial charge in [-0.05, 0) is 25.1 Å². The molecule has 162 valence electrons. The fourth-order valence-electron chi connectivity index (χ4n) is 2.68. The highest BCUT2D eigenvalue weighted by Crippen LogP contribution is 2.13. The van der Waals surface area contributed by atoms with Crippen molar-refractivity contribution in [2.45, 2.75) is 19.4 Å². The Bertz CT molecular complexity index is 1010. The molecule has 1 unspecified atom stereocenters. The van der Waals surface area contributed by atoms with Crippen LogP contribution in [0.4, 0.5) is 5.69 Å². The third-order valence-corrected chi connectivity index (χ3v) is 4.14. The van der Waals surface area contributed by atoms with E-state index in [2.05, 4.69) is 15.6 Å². The van der Waals surface area contributed by atoms with Gasteiger partial charge < -0.3 is 27.2 Å². The molecule has 10 nitrogen and oxygen atoms in total. The van der Waals surface area contributed by atoms with Crippen LogP contribution < -0.4 is 22.1 Å². The molecule has 0 saturated heterocycles. The van der Waals surface area contributed by atoms with Gasteiger partial charge in [-0.15, -0.1) is 0 Å². The van der Waals surface area contributed by atoms with E-state index in [0.717, 1.165) is 5.56 Å². The lowest BCUT2D eigenvalue weighted by atomic mass is 10.0. The van der Waals surface area contributed by atoms with Crippen molar-refractivity contribution < 1.29 is 24.3 Å². The molecule has 0 fully saturated rings. The minimum absolute atomic E-state index is 0.167. The molecule has 0 spiro atoms. The molecule has 2 amide bonds. The fraction of sp³-hybridized carbons (Fsp3) is 0.190. The number of Topliss-reactive ketones (excluding diaryl/α,β-unsaturated/α-hetero) is 1. The number of carboxylic acids is 1. The molecule has 0 aliphatic rings. The minimum Gasteiger partial charge on any atom is -0.481 e. The molecule has 0 aliphatic heterocycles. The summed E-state index contributed by atoms with van der Waals surface area (Å²) in [6.07, 6.45) is -0.590. The second-order valence-electron chi connectivity index (χ2n) is 6.72. The molecule has 7 N–H and O–H groups in total. The highest BCUT2D eigenvalue weighted by molar-refractivity contribution is 6.04. The van der Waals surface area contributed by atoms with Crippen molar-refractivity contribution in [1.82, 2.24) is 10.6 Å². The first-order valence-corrected chi connectivity index (χ1v) is 9.25. The van der Waals surface area contributed by atoms with Crippen LogP contribution in [0.25, 0.3) is 0 Å². The second kappa shape index (κ2) is 10.5. The third-order valence-electron chi connectivity index (χ3n) is 4.14. The van der Waals surface area contributed by atoms with Crippen molar-refractivity contribution >= 4 is 35.2 Å². The summed E-state index contributed by atoms with van der Waals surface area (Å²) in [4.78, 5) is 52.1. The van der Waals surface area contributed by atoms with E-state index in [-0.39, 0.29) is 17.1 Å². The van der Waals surface area contributed by atoms with Gasteiger partial charge in [0, 0.05) is 11.1 Å². The molecule has 2 aromatic carbocycles. The van der Waals surface area contributed by atoms with E-state index in [1.165, 1.54) is 12.1 Å². The smallest absolute Gasteiger partial charge is 0.305 e. The first kappa shape index (κ1) is 23.1. The van der Waals surface area contributed by atoms with Crippen molar-refractivity contribution in [3.63, 3.8) is 0 Å². The number of guanidine groups is 1. The number of aryl methyl sites for hydroxylation is 1. The molecule has 0 aromatic heterocycles. The van der Waals surface area contributed by atoms with Crippen LogP contribution in [-0.2, 0) is 9.59 Å². The molecule has 0 radical (unpaired) electrons. The van der Waals surface area contributed by atoms with Crippen LogP contribution in [0.5, 0.6) is 0 Å². The van der Waals surface area contributed by atoms with Gasteiger partial charge in [-0.1, -0.05) is 35.9 Å². The summed E-state index contributed by atoms with van der Waals surface area (Å²) in [5.41, 5.74) is 12.4. The SMILES string of the molecule is Cc1ccc(C(=O)C(CC(=O)O)NC(=O)CNC(=O)c2cccc(N=C(N)N)c2)cc1. The van der Waals surface area contributed by atoms with E-state index in [1.54, 1.807) is 36.4 Å². The maximum atomic E-state index is 12.6. The van der Waals surface area contributed by atoms with Gasteiger partial charge in [0.25, 0.3) is 5.91 Å². The molecular formula is C21H23N5O5. The molecule has 0 aliphatic carbocycles. The summed E-state index contributed by atoms with van der Waals surface area (Å²) in [5.74, 6) is -3.22. The predicted octanol–water partition coefficient (Wildman–Crippen LogP) is 0.472. The molecule has 0 saturated carbocycles. The number of nitrogens with zero attached hydrogens (tertiary/aromatic N) is 1. The number of carbonyl (C=O) groups is 4. The summed E-state index contributed by atoms with van der Waals surface area (Å²) >= 11 is 0. The highest BCUT2D eigenvalue weighted by atomic mass is 16.4. The number of amides is 2. The molecule has 2 rings (SSSR count). The largest absolute Gasteiger partial charge is 0.481 e. The summed E-state index contributed by atoms with van der Waals surface area (Å²) in [6.45, 7) is 1.39. The number of ketones is 1. The number of aliphatic carboxylic acids is 1. The van der Waals surface area contributed by atoms with Crippen LogP contribution >= 0.6 is 0 Å². The fourth-order valence-corrected chi connectivity index (χ4v) is 2.68. The van der Waals surface area contributed by atoms with E-state index in [1.807, 2.05) is 6.92 Å². The van der Waals surface area contributed by atoms with Crippen LogP contribution in [0.3, 0.4) is 0 Å². The minimum atomic E-state index is -1.27. The zero-order valence-corrected chi connectivity index (χ0v) is 16.8. The van der Waals surface area contributed by atoms with Gasteiger partial charge in [0.1, 0.15) is 6.04 Å². The second-order valence-corrected chi connectivity index (χ2v) is 6.72. The zero-order valence-electron chi connectivity index (χ0n) is 16.8. The Kier molecular flexibility index (Phi) is 7.84. The number of benzene rings is 2. The number of hydrogen-bond donors (Lipinski definition) is 5. The van der Waals surface area contributed by atoms with Gasteiger partial charge in [0.2, 0.25) is 5.91 Å². The summed E-state index contributed by atoms with van der Waals surface area (Å²) < 4.78 is 0. The Labute approximate surface area is 178 Å². The standard InChI is InChI=1S/C21H23N5O5/c1-12-5-7-13(8-6-12)19(30)16(10-18(28)29)26-17(27)11-24-20(31)14-3-2-4-15(9-14)25-21(22)23/h2-9,16H,10-11H2,1H3,(H,24,31)(H,26,27)(H,28,29)(H4,22,23,25). The van der Waals surface area contributed by atoms with Crippen LogP contribution in [0.15, 0.2) is 53.5 Å². The van der Waals surface area contributed by atoms with Crippen LogP contribution in [0.2, 0.25) is 0 Å². The van der Waals surface area contributed by atoms with Gasteiger partial charge in [-0.3, -0.25) is 19.2 Å². The van der Waals surface area contributed by atoms with Crippen molar-refractivity contribution in [3.8, 4) is 0 Å². The molecular weight excluding hydrogens is 402 g/mol. The summed E-state index contributed by atoms with van der Waals surface area (Å²) in [6, 6.07) is 11.4. The summed E-state index contributed by atoms with van der Waals surface area (Å²) in [7, 11) is 0. The van der Waals surface area contributed by atoms with E-state index in [9.17, 15) is 19.2 Å². The number of carbonyl (C=O) groups excluding carboxylic acids is 3. The lowest BCUT2D eigenvalue weighted by molar-refractivity contribution is -0.137. The van der Waals surface area contributed by atoms with Crippen molar-refractivity contribution in [3.05, 3.63) is 65.2 Å². The van der Waals surface area contributed by atoms with Gasteiger partial charge in [0.05, 0.1) is 18.7 Å². The van der Waals surface area contributed by atoms with E-state index in [0.29, 0.717) is 5.69 Å². The lowest BCUT2D eigenvalue weighted by Crippen LogP contribution is -2.46. The molecule has 10 heteroatoms. The third kappa shape index (κ3) is 7.28. The summed E-state index contributed by atoms with van der Waals surface area (Å²) in [5, 5.41) is 13.9. The number of aliphatic imine (C=N–C) groups is 1. The highest BCUT2D eigenvalue weighted by Gasteiger charge is 2.25. The average Bonchev–Trinajstić information content (AvgIpc) is 2.71. The normalized spacial score (nSPS) is 11.1. The molecule has 0 heterocycles. The van der Waals surface area contributed by atoms with Gasteiger partial charge in [-0.25, -0.2) is 4.99 Å². The Morgan fingerprint density at radius 2 is 1.71 bits per heavy atom. The Morgan fingerprint density at radius 1 is 1.03 bits per heavy atom. The zero-order chi connectivity index (χ0) is 23.0. The maximum absolute atomic E-state index is 12.6. The monoisotopic (exact) mass is 425 g/mol. The molecule has 31 heavy (non-hydrogen) atoms. The first-order valence-electron chi connectivity index (χ1n) is 9.25. The van der Waals surface area contributed by atoms with Gasteiger partial charge in [0.15, 0.2) is 11.7 Å². The quantitative estimate of drug-likeness (QED) is 0.220. The number of rotatable bonds is 9. The number of nitrogens with two attached hydrogens (primary N) is 2.